The summed E-state index contributed by atoms with van der Waals surface area (Å²) in [5.74, 6) is 0. The molecule has 0 unspecified atom stereocenters. The highest BCUT2D eigenvalue weighted by atomic mass is 35.5. The molecule has 1 fully saturated rings. The monoisotopic (exact) mass is 350 g/mol. The molecule has 25 heavy (non-hydrogen) atoms. The van der Waals surface area contributed by atoms with E-state index in [0.29, 0.717) is 0 Å². The lowest BCUT2D eigenvalue weighted by Gasteiger charge is -2.35. The Morgan fingerprint density at radius 2 is 1.20 bits per heavy atom. The summed E-state index contributed by atoms with van der Waals surface area (Å²) < 4.78 is 0. The molecule has 0 amide bonds. The van der Waals surface area contributed by atoms with E-state index in [-0.39, 0.29) is 0 Å². The second-order valence-corrected chi connectivity index (χ2v) is 7.19. The third-order valence-corrected chi connectivity index (χ3v) is 5.46. The molecule has 1 saturated heterocycles. The van der Waals surface area contributed by atoms with Crippen LogP contribution in [0, 0.1) is 0 Å². The Bertz CT molecular complexity index is 848. The van der Waals surface area contributed by atoms with Crippen molar-refractivity contribution in [2.24, 2.45) is 0 Å². The van der Waals surface area contributed by atoms with Crippen molar-refractivity contribution in [1.29, 1.82) is 0 Å². The summed E-state index contributed by atoms with van der Waals surface area (Å²) in [6, 6.07) is 23.5. The standard InChI is InChI=1S/C22H23ClN2/c23-22-11-4-2-7-20(22)17-25-14-12-24(13-15-25)16-19-9-5-8-18-6-1-3-10-21(18)19/h1-11H,12-17H2. The summed E-state index contributed by atoms with van der Waals surface area (Å²) in [4.78, 5) is 5.06. The number of hydrogen-bond donors (Lipinski definition) is 0. The van der Waals surface area contributed by atoms with E-state index < -0.39 is 0 Å². The number of benzene rings is 3. The zero-order chi connectivity index (χ0) is 17.1. The molecule has 0 spiro atoms. The normalized spacial score (nSPS) is 16.4. The van der Waals surface area contributed by atoms with Gasteiger partial charge >= 0.3 is 0 Å². The van der Waals surface area contributed by atoms with Gasteiger partial charge in [0.2, 0.25) is 0 Å². The van der Waals surface area contributed by atoms with Crippen molar-refractivity contribution in [2.45, 2.75) is 13.1 Å². The van der Waals surface area contributed by atoms with E-state index in [4.69, 9.17) is 11.6 Å². The molecule has 3 aromatic carbocycles. The Labute approximate surface area is 154 Å². The Morgan fingerprint density at radius 3 is 1.96 bits per heavy atom. The fourth-order valence-electron chi connectivity index (χ4n) is 3.64. The first-order valence-electron chi connectivity index (χ1n) is 8.94. The number of fused-ring (bicyclic) bond motifs is 1. The molecule has 3 aromatic rings. The lowest BCUT2D eigenvalue weighted by Crippen LogP contribution is -2.45. The molecule has 0 N–H and O–H groups in total. The third-order valence-electron chi connectivity index (χ3n) is 5.09. The molecule has 1 aliphatic rings. The van der Waals surface area contributed by atoms with Crippen LogP contribution in [0.4, 0.5) is 0 Å². The molecule has 1 aliphatic heterocycles. The Hall–Kier alpha value is -1.87. The topological polar surface area (TPSA) is 6.48 Å². The van der Waals surface area contributed by atoms with E-state index in [2.05, 4.69) is 64.4 Å². The summed E-state index contributed by atoms with van der Waals surface area (Å²) in [6.07, 6.45) is 0. The summed E-state index contributed by atoms with van der Waals surface area (Å²) in [7, 11) is 0. The summed E-state index contributed by atoms with van der Waals surface area (Å²) in [5.41, 5.74) is 2.66. The number of halogens is 1. The fraction of sp³-hybridized carbons (Fsp3) is 0.273. The highest BCUT2D eigenvalue weighted by Gasteiger charge is 2.18. The van der Waals surface area contributed by atoms with Gasteiger partial charge in [-0.05, 0) is 28.0 Å². The molecule has 0 radical (unpaired) electrons. The predicted molar refractivity (Wildman–Crippen MR) is 106 cm³/mol. The van der Waals surface area contributed by atoms with Gasteiger partial charge in [-0.15, -0.1) is 0 Å². The van der Waals surface area contributed by atoms with Crippen molar-refractivity contribution in [3.8, 4) is 0 Å². The molecule has 4 rings (SSSR count). The number of piperazine rings is 1. The number of nitrogens with zero attached hydrogens (tertiary/aromatic N) is 2. The van der Waals surface area contributed by atoms with Crippen LogP contribution in [0.3, 0.4) is 0 Å². The van der Waals surface area contributed by atoms with E-state index in [1.807, 2.05) is 12.1 Å². The quantitative estimate of drug-likeness (QED) is 0.666. The summed E-state index contributed by atoms with van der Waals surface area (Å²) >= 11 is 6.30. The molecule has 128 valence electrons. The number of rotatable bonds is 4. The van der Waals surface area contributed by atoms with Crippen molar-refractivity contribution in [3.05, 3.63) is 82.9 Å². The van der Waals surface area contributed by atoms with Gasteiger partial charge in [-0.25, -0.2) is 0 Å². The largest absolute Gasteiger partial charge is 0.297 e. The van der Waals surface area contributed by atoms with Gasteiger partial charge in [0, 0.05) is 44.3 Å². The van der Waals surface area contributed by atoms with Gasteiger partial charge in [0.1, 0.15) is 0 Å². The minimum absolute atomic E-state index is 0.876. The molecule has 3 heteroatoms. The highest BCUT2D eigenvalue weighted by Crippen LogP contribution is 2.21. The predicted octanol–water partition coefficient (Wildman–Crippen LogP) is 4.81. The summed E-state index contributed by atoms with van der Waals surface area (Å²) in [6.45, 7) is 6.37. The van der Waals surface area contributed by atoms with Crippen LogP contribution in [0.2, 0.25) is 5.02 Å². The third kappa shape index (κ3) is 3.87. The maximum atomic E-state index is 6.30. The first kappa shape index (κ1) is 16.6. The Balaban J connectivity index is 1.38. The van der Waals surface area contributed by atoms with E-state index in [1.165, 1.54) is 21.9 Å². The molecular weight excluding hydrogens is 328 g/mol. The molecule has 0 aromatic heterocycles. The minimum atomic E-state index is 0.876. The van der Waals surface area contributed by atoms with Gasteiger partial charge in [0.15, 0.2) is 0 Å². The van der Waals surface area contributed by atoms with Crippen LogP contribution in [0.15, 0.2) is 66.7 Å². The van der Waals surface area contributed by atoms with Gasteiger partial charge < -0.3 is 0 Å². The SMILES string of the molecule is Clc1ccccc1CN1CCN(Cc2cccc3ccccc23)CC1. The van der Waals surface area contributed by atoms with Gasteiger partial charge in [-0.3, -0.25) is 9.80 Å². The molecule has 0 atom stereocenters. The molecule has 2 nitrogen and oxygen atoms in total. The van der Waals surface area contributed by atoms with E-state index >= 15 is 0 Å². The Morgan fingerprint density at radius 1 is 0.640 bits per heavy atom. The van der Waals surface area contributed by atoms with Crippen LogP contribution >= 0.6 is 11.6 Å². The van der Waals surface area contributed by atoms with Crippen molar-refractivity contribution in [3.63, 3.8) is 0 Å². The molecule has 0 aliphatic carbocycles. The van der Waals surface area contributed by atoms with Gasteiger partial charge in [-0.2, -0.15) is 0 Å². The molecule has 0 saturated carbocycles. The molecule has 1 heterocycles. The molecular formula is C22H23ClN2. The average molecular weight is 351 g/mol. The van der Waals surface area contributed by atoms with Crippen LogP contribution in [-0.2, 0) is 13.1 Å². The van der Waals surface area contributed by atoms with Crippen LogP contribution < -0.4 is 0 Å². The lowest BCUT2D eigenvalue weighted by atomic mass is 10.0. The van der Waals surface area contributed by atoms with E-state index in [0.717, 1.165) is 44.3 Å². The second-order valence-electron chi connectivity index (χ2n) is 6.78. The fourth-order valence-corrected chi connectivity index (χ4v) is 3.84. The first-order valence-corrected chi connectivity index (χ1v) is 9.32. The van der Waals surface area contributed by atoms with E-state index in [1.54, 1.807) is 0 Å². The van der Waals surface area contributed by atoms with Crippen molar-refractivity contribution < 1.29 is 0 Å². The molecule has 0 bridgehead atoms. The van der Waals surface area contributed by atoms with Crippen LogP contribution in [-0.4, -0.2) is 36.0 Å². The number of hydrogen-bond acceptors (Lipinski definition) is 2. The van der Waals surface area contributed by atoms with Gasteiger partial charge in [0.05, 0.1) is 0 Å². The first-order chi connectivity index (χ1) is 12.3. The van der Waals surface area contributed by atoms with Crippen LogP contribution in [0.5, 0.6) is 0 Å². The van der Waals surface area contributed by atoms with Gasteiger partial charge in [0.25, 0.3) is 0 Å². The van der Waals surface area contributed by atoms with Crippen LogP contribution in [0.1, 0.15) is 11.1 Å². The second kappa shape index (κ2) is 7.57. The van der Waals surface area contributed by atoms with Crippen molar-refractivity contribution in [1.82, 2.24) is 9.80 Å². The van der Waals surface area contributed by atoms with Gasteiger partial charge in [-0.1, -0.05) is 72.3 Å². The van der Waals surface area contributed by atoms with Crippen LogP contribution in [0.25, 0.3) is 10.8 Å². The minimum Gasteiger partial charge on any atom is -0.297 e. The lowest BCUT2D eigenvalue weighted by molar-refractivity contribution is 0.122. The highest BCUT2D eigenvalue weighted by molar-refractivity contribution is 6.31. The van der Waals surface area contributed by atoms with E-state index in [9.17, 15) is 0 Å². The average Bonchev–Trinajstić information content (AvgIpc) is 2.65. The smallest absolute Gasteiger partial charge is 0.0451 e. The maximum Gasteiger partial charge on any atom is 0.0451 e. The zero-order valence-corrected chi connectivity index (χ0v) is 15.1. The Kier molecular flexibility index (Phi) is 5.02. The zero-order valence-electron chi connectivity index (χ0n) is 14.4. The summed E-state index contributed by atoms with van der Waals surface area (Å²) in [5, 5.41) is 3.58. The maximum absolute atomic E-state index is 6.30. The van der Waals surface area contributed by atoms with Crippen molar-refractivity contribution >= 4 is 22.4 Å². The van der Waals surface area contributed by atoms with Crippen molar-refractivity contribution in [2.75, 3.05) is 26.2 Å².